The molecule has 2 aromatic heterocycles. The first-order valence-electron chi connectivity index (χ1n) is 10.2. The largest absolute Gasteiger partial charge is 0.457 e. The van der Waals surface area contributed by atoms with E-state index in [0.717, 1.165) is 27.6 Å². The summed E-state index contributed by atoms with van der Waals surface area (Å²) in [6, 6.07) is 16.6. The van der Waals surface area contributed by atoms with E-state index in [0.29, 0.717) is 17.1 Å². The third-order valence-electron chi connectivity index (χ3n) is 5.60. The lowest BCUT2D eigenvalue weighted by Gasteiger charge is -2.26. The fourth-order valence-electron chi connectivity index (χ4n) is 4.13. The van der Waals surface area contributed by atoms with E-state index in [1.165, 1.54) is 11.3 Å². The molecule has 0 spiro atoms. The molecule has 0 radical (unpaired) electrons. The summed E-state index contributed by atoms with van der Waals surface area (Å²) in [6.45, 7) is 3.46. The molecule has 1 aliphatic rings. The molecule has 2 aromatic carbocycles. The lowest BCUT2D eigenvalue weighted by atomic mass is 9.88. The maximum Gasteiger partial charge on any atom is 0.318 e. The van der Waals surface area contributed by atoms with Crippen LogP contribution in [0.2, 0.25) is 0 Å². The van der Waals surface area contributed by atoms with E-state index < -0.39 is 11.9 Å². The maximum absolute atomic E-state index is 13.2. The number of esters is 1. The second kappa shape index (κ2) is 8.09. The third-order valence-corrected chi connectivity index (χ3v) is 6.36. The van der Waals surface area contributed by atoms with Gasteiger partial charge in [-0.3, -0.25) is 14.2 Å². The molecular formula is C25H20N2O4S. The van der Waals surface area contributed by atoms with E-state index in [2.05, 4.69) is 4.98 Å². The lowest BCUT2D eigenvalue weighted by Crippen LogP contribution is -2.23. The van der Waals surface area contributed by atoms with Crippen LogP contribution in [0.4, 0.5) is 0 Å². The van der Waals surface area contributed by atoms with Crippen molar-refractivity contribution >= 4 is 23.1 Å². The number of benzene rings is 2. The minimum Gasteiger partial charge on any atom is -0.457 e. The Morgan fingerprint density at radius 3 is 2.34 bits per heavy atom. The van der Waals surface area contributed by atoms with Crippen LogP contribution in [-0.2, 0) is 9.53 Å². The summed E-state index contributed by atoms with van der Waals surface area (Å²) in [5, 5.41) is 2.69. The molecule has 6 nitrogen and oxygen atoms in total. The van der Waals surface area contributed by atoms with Crippen LogP contribution in [-0.4, -0.2) is 27.9 Å². The Hall–Kier alpha value is -3.71. The van der Waals surface area contributed by atoms with Crippen molar-refractivity contribution in [3.63, 3.8) is 0 Å². The number of thiazole rings is 1. The zero-order valence-corrected chi connectivity index (χ0v) is 18.4. The highest BCUT2D eigenvalue weighted by Gasteiger charge is 2.34. The van der Waals surface area contributed by atoms with Crippen molar-refractivity contribution in [1.29, 1.82) is 0 Å². The molecule has 32 heavy (non-hydrogen) atoms. The number of fused-ring (bicyclic) bond motifs is 2. The van der Waals surface area contributed by atoms with Crippen LogP contribution >= 0.6 is 11.3 Å². The number of nitrogens with zero attached hydrogens (tertiary/aromatic N) is 2. The Kier molecular flexibility index (Phi) is 5.11. The molecule has 7 heteroatoms. The summed E-state index contributed by atoms with van der Waals surface area (Å²) >= 11 is 1.50. The van der Waals surface area contributed by atoms with Crippen molar-refractivity contribution in [2.24, 2.45) is 0 Å². The summed E-state index contributed by atoms with van der Waals surface area (Å²) in [5.41, 5.74) is 3.66. The first-order valence-corrected chi connectivity index (χ1v) is 11.1. The predicted molar refractivity (Wildman–Crippen MR) is 121 cm³/mol. The SMILES string of the molecule is Cc1cc(C(=O)COC(=O)C2c3ccccc3Oc3ccccc32)c(C)n1-c1nccs1. The quantitative estimate of drug-likeness (QED) is 0.312. The van der Waals surface area contributed by atoms with Gasteiger partial charge in [-0.05, 0) is 32.0 Å². The summed E-state index contributed by atoms with van der Waals surface area (Å²) in [7, 11) is 0. The number of ether oxygens (including phenoxy) is 2. The third kappa shape index (κ3) is 3.40. The van der Waals surface area contributed by atoms with Crippen molar-refractivity contribution in [2.45, 2.75) is 19.8 Å². The highest BCUT2D eigenvalue weighted by Crippen LogP contribution is 2.44. The van der Waals surface area contributed by atoms with Crippen LogP contribution in [0.1, 0.15) is 38.8 Å². The summed E-state index contributed by atoms with van der Waals surface area (Å²) < 4.78 is 13.4. The van der Waals surface area contributed by atoms with E-state index in [-0.39, 0.29) is 12.4 Å². The Balaban J connectivity index is 1.38. The molecule has 160 valence electrons. The number of hydrogen-bond acceptors (Lipinski definition) is 6. The standard InChI is InChI=1S/C25H20N2O4S/c1-15-13-19(16(2)27(15)25-26-11-12-32-25)20(28)14-30-24(29)23-17-7-3-5-9-21(17)31-22-10-6-4-8-18(22)23/h3-13,23H,14H2,1-2H3. The highest BCUT2D eigenvalue weighted by atomic mass is 32.1. The molecule has 0 bridgehead atoms. The van der Waals surface area contributed by atoms with Gasteiger partial charge in [-0.25, -0.2) is 4.98 Å². The van der Waals surface area contributed by atoms with E-state index in [1.54, 1.807) is 6.20 Å². The van der Waals surface area contributed by atoms with Crippen molar-refractivity contribution in [2.75, 3.05) is 6.61 Å². The highest BCUT2D eigenvalue weighted by molar-refractivity contribution is 7.12. The normalized spacial score (nSPS) is 12.6. The minimum absolute atomic E-state index is 0.247. The molecular weight excluding hydrogens is 424 g/mol. The maximum atomic E-state index is 13.2. The summed E-state index contributed by atoms with van der Waals surface area (Å²) in [4.78, 5) is 30.4. The number of carbonyl (C=O) groups excluding carboxylic acids is 2. The van der Waals surface area contributed by atoms with Crippen LogP contribution in [0.25, 0.3) is 5.13 Å². The molecule has 0 amide bonds. The molecule has 1 aliphatic heterocycles. The first-order chi connectivity index (χ1) is 15.5. The second-order valence-electron chi connectivity index (χ2n) is 7.58. The van der Waals surface area contributed by atoms with Gasteiger partial charge >= 0.3 is 5.97 Å². The molecule has 3 heterocycles. The van der Waals surface area contributed by atoms with E-state index in [1.807, 2.05) is 78.4 Å². The molecule has 0 saturated carbocycles. The minimum atomic E-state index is -0.647. The number of para-hydroxylation sites is 2. The number of hydrogen-bond donors (Lipinski definition) is 0. The van der Waals surface area contributed by atoms with Gasteiger partial charge in [0.1, 0.15) is 17.4 Å². The van der Waals surface area contributed by atoms with E-state index >= 15 is 0 Å². The second-order valence-corrected chi connectivity index (χ2v) is 8.45. The van der Waals surface area contributed by atoms with Gasteiger partial charge in [-0.2, -0.15) is 0 Å². The zero-order valence-electron chi connectivity index (χ0n) is 17.6. The van der Waals surface area contributed by atoms with Crippen LogP contribution < -0.4 is 4.74 Å². The van der Waals surface area contributed by atoms with Crippen LogP contribution in [0, 0.1) is 13.8 Å². The van der Waals surface area contributed by atoms with Gasteiger partial charge in [-0.1, -0.05) is 36.4 Å². The smallest absolute Gasteiger partial charge is 0.318 e. The zero-order chi connectivity index (χ0) is 22.2. The molecule has 0 atom stereocenters. The van der Waals surface area contributed by atoms with Crippen molar-refractivity contribution < 1.29 is 19.1 Å². The number of carbonyl (C=O) groups is 2. The number of aromatic nitrogens is 2. The van der Waals surface area contributed by atoms with Crippen molar-refractivity contribution in [3.05, 3.63) is 94.3 Å². The molecule has 0 fully saturated rings. The molecule has 5 rings (SSSR count). The Morgan fingerprint density at radius 1 is 1.06 bits per heavy atom. The van der Waals surface area contributed by atoms with Gasteiger partial charge in [0.05, 0.1) is 0 Å². The topological polar surface area (TPSA) is 70.4 Å². The van der Waals surface area contributed by atoms with E-state index in [9.17, 15) is 9.59 Å². The van der Waals surface area contributed by atoms with Gasteiger partial charge in [0, 0.05) is 39.7 Å². The van der Waals surface area contributed by atoms with E-state index in [4.69, 9.17) is 9.47 Å². The monoisotopic (exact) mass is 444 g/mol. The fourth-order valence-corrected chi connectivity index (χ4v) is 4.88. The van der Waals surface area contributed by atoms with Crippen molar-refractivity contribution in [3.8, 4) is 16.6 Å². The molecule has 0 N–H and O–H groups in total. The molecule has 4 aromatic rings. The Morgan fingerprint density at radius 2 is 1.72 bits per heavy atom. The number of aryl methyl sites for hydroxylation is 1. The number of ketones is 1. The number of rotatable bonds is 5. The predicted octanol–water partition coefficient (Wildman–Crippen LogP) is 5.21. The van der Waals surface area contributed by atoms with Gasteiger partial charge in [0.25, 0.3) is 0 Å². The van der Waals surface area contributed by atoms with Crippen molar-refractivity contribution in [1.82, 2.24) is 9.55 Å². The molecule has 0 saturated heterocycles. The fraction of sp³-hybridized carbons (Fsp3) is 0.160. The Labute approximate surface area is 189 Å². The van der Waals surface area contributed by atoms with Gasteiger partial charge in [0.2, 0.25) is 5.78 Å². The lowest BCUT2D eigenvalue weighted by molar-refractivity contribution is -0.143. The number of Topliss-reactive ketones (excluding diaryl/α,β-unsaturated/α-hetero) is 1. The Bertz CT molecular complexity index is 1280. The van der Waals surface area contributed by atoms with Crippen LogP contribution in [0.15, 0.2) is 66.2 Å². The molecule has 0 unspecified atom stereocenters. The van der Waals surface area contributed by atoms with Gasteiger partial charge < -0.3 is 9.47 Å². The average molecular weight is 445 g/mol. The first kappa shape index (κ1) is 20.2. The summed E-state index contributed by atoms with van der Waals surface area (Å²) in [6.07, 6.45) is 1.73. The summed E-state index contributed by atoms with van der Waals surface area (Å²) in [5.74, 6) is -0.136. The van der Waals surface area contributed by atoms with Crippen LogP contribution in [0.5, 0.6) is 11.5 Å². The van der Waals surface area contributed by atoms with Crippen LogP contribution in [0.3, 0.4) is 0 Å². The average Bonchev–Trinajstić information content (AvgIpc) is 3.43. The van der Waals surface area contributed by atoms with Gasteiger partial charge in [0.15, 0.2) is 11.7 Å². The molecule has 0 aliphatic carbocycles. The van der Waals surface area contributed by atoms with Gasteiger partial charge in [-0.15, -0.1) is 11.3 Å².